The second-order valence-electron chi connectivity index (χ2n) is 6.83. The van der Waals surface area contributed by atoms with E-state index in [9.17, 15) is 13.2 Å². The highest BCUT2D eigenvalue weighted by molar-refractivity contribution is 7.92. The molecule has 1 amide bonds. The third kappa shape index (κ3) is 3.57. The number of hydrogen-bond donors (Lipinski definition) is 2. The van der Waals surface area contributed by atoms with Crippen LogP contribution in [0.3, 0.4) is 0 Å². The van der Waals surface area contributed by atoms with E-state index < -0.39 is 10.0 Å². The van der Waals surface area contributed by atoms with Crippen LogP contribution in [0.2, 0.25) is 0 Å². The molecule has 24 heavy (non-hydrogen) atoms. The molecule has 0 saturated carbocycles. The van der Waals surface area contributed by atoms with E-state index in [0.717, 1.165) is 37.9 Å². The van der Waals surface area contributed by atoms with Crippen molar-refractivity contribution in [2.24, 2.45) is 5.92 Å². The minimum Gasteiger partial charge on any atom is -0.348 e. The molecule has 2 aliphatic heterocycles. The Bertz CT molecular complexity index is 733. The Hall–Kier alpha value is -1.60. The summed E-state index contributed by atoms with van der Waals surface area (Å²) in [6.45, 7) is 4.44. The van der Waals surface area contributed by atoms with E-state index in [0.29, 0.717) is 23.7 Å². The molecule has 1 aromatic carbocycles. The highest BCUT2D eigenvalue weighted by Crippen LogP contribution is 2.30. The van der Waals surface area contributed by atoms with Gasteiger partial charge in [0.15, 0.2) is 0 Å². The quantitative estimate of drug-likeness (QED) is 0.856. The second-order valence-corrected chi connectivity index (χ2v) is 8.74. The standard InChI is InChI=1S/C17H25N3O3S/c1-12-7-8-18-11-15(12)19-17(21)14-5-6-16-13(10-14)4-3-9-20(16)24(2,22)23/h5-6,10,12,15,18H,3-4,7-9,11H2,1-2H3,(H,19,21). The van der Waals surface area contributed by atoms with E-state index >= 15 is 0 Å². The summed E-state index contributed by atoms with van der Waals surface area (Å²) in [7, 11) is -3.28. The lowest BCUT2D eigenvalue weighted by Crippen LogP contribution is -2.50. The summed E-state index contributed by atoms with van der Waals surface area (Å²) in [6, 6.07) is 5.45. The van der Waals surface area contributed by atoms with Crippen molar-refractivity contribution in [2.45, 2.75) is 32.2 Å². The molecule has 1 fully saturated rings. The van der Waals surface area contributed by atoms with Crippen LogP contribution in [0.25, 0.3) is 0 Å². The molecule has 0 bridgehead atoms. The number of aryl methyl sites for hydroxylation is 1. The highest BCUT2D eigenvalue weighted by Gasteiger charge is 2.26. The van der Waals surface area contributed by atoms with Gasteiger partial charge in [-0.2, -0.15) is 0 Å². The molecule has 0 spiro atoms. The predicted molar refractivity (Wildman–Crippen MR) is 94.9 cm³/mol. The molecule has 1 saturated heterocycles. The van der Waals surface area contributed by atoms with Crippen molar-refractivity contribution in [1.82, 2.24) is 10.6 Å². The van der Waals surface area contributed by atoms with Crippen LogP contribution >= 0.6 is 0 Å². The van der Waals surface area contributed by atoms with Gasteiger partial charge < -0.3 is 10.6 Å². The van der Waals surface area contributed by atoms with Crippen molar-refractivity contribution in [2.75, 3.05) is 30.2 Å². The molecule has 132 valence electrons. The maximum absolute atomic E-state index is 12.6. The van der Waals surface area contributed by atoms with Gasteiger partial charge in [0, 0.05) is 24.7 Å². The monoisotopic (exact) mass is 351 g/mol. The number of carbonyl (C=O) groups excluding carboxylic acids is 1. The van der Waals surface area contributed by atoms with Crippen molar-refractivity contribution in [3.8, 4) is 0 Å². The van der Waals surface area contributed by atoms with Crippen LogP contribution in [0.15, 0.2) is 18.2 Å². The maximum Gasteiger partial charge on any atom is 0.251 e. The number of nitrogens with zero attached hydrogens (tertiary/aromatic N) is 1. The van der Waals surface area contributed by atoms with Crippen LogP contribution in [0, 0.1) is 5.92 Å². The minimum atomic E-state index is -3.28. The number of amides is 1. The minimum absolute atomic E-state index is 0.0881. The molecule has 2 unspecified atom stereocenters. The molecule has 0 radical (unpaired) electrons. The molecule has 2 aliphatic rings. The largest absolute Gasteiger partial charge is 0.348 e. The zero-order valence-electron chi connectivity index (χ0n) is 14.2. The SMILES string of the molecule is CC1CCNCC1NC(=O)c1ccc2c(c1)CCCN2S(C)(=O)=O. The second kappa shape index (κ2) is 6.72. The topological polar surface area (TPSA) is 78.5 Å². The fraction of sp³-hybridized carbons (Fsp3) is 0.588. The van der Waals surface area contributed by atoms with Gasteiger partial charge in [0.05, 0.1) is 11.9 Å². The Kier molecular flexibility index (Phi) is 4.83. The van der Waals surface area contributed by atoms with Gasteiger partial charge in [-0.3, -0.25) is 9.10 Å². The summed E-state index contributed by atoms with van der Waals surface area (Å²) in [6.07, 6.45) is 3.84. The Balaban J connectivity index is 1.79. The third-order valence-electron chi connectivity index (χ3n) is 4.96. The Morgan fingerprint density at radius 2 is 2.17 bits per heavy atom. The number of anilines is 1. The van der Waals surface area contributed by atoms with Crippen molar-refractivity contribution in [3.05, 3.63) is 29.3 Å². The normalized spacial score (nSPS) is 24.3. The van der Waals surface area contributed by atoms with E-state index in [1.165, 1.54) is 10.6 Å². The number of fused-ring (bicyclic) bond motifs is 1. The Morgan fingerprint density at radius 1 is 1.38 bits per heavy atom. The van der Waals surface area contributed by atoms with Crippen LogP contribution < -0.4 is 14.9 Å². The number of piperidine rings is 1. The third-order valence-corrected chi connectivity index (χ3v) is 6.14. The number of sulfonamides is 1. The zero-order chi connectivity index (χ0) is 17.3. The first kappa shape index (κ1) is 17.2. The van der Waals surface area contributed by atoms with Gasteiger partial charge in [0.25, 0.3) is 5.91 Å². The molecule has 2 atom stereocenters. The van der Waals surface area contributed by atoms with E-state index in [4.69, 9.17) is 0 Å². The van der Waals surface area contributed by atoms with Crippen molar-refractivity contribution < 1.29 is 13.2 Å². The smallest absolute Gasteiger partial charge is 0.251 e. The fourth-order valence-corrected chi connectivity index (χ4v) is 4.48. The summed E-state index contributed by atoms with van der Waals surface area (Å²) < 4.78 is 25.2. The van der Waals surface area contributed by atoms with Crippen molar-refractivity contribution in [3.63, 3.8) is 0 Å². The number of carbonyl (C=O) groups is 1. The molecular formula is C17H25N3O3S. The summed E-state index contributed by atoms with van der Waals surface area (Å²) >= 11 is 0. The Labute approximate surface area is 143 Å². The van der Waals surface area contributed by atoms with Gasteiger partial charge in [-0.05, 0) is 55.5 Å². The molecule has 7 heteroatoms. The number of nitrogens with one attached hydrogen (secondary N) is 2. The van der Waals surface area contributed by atoms with Crippen LogP contribution in [0.1, 0.15) is 35.7 Å². The molecule has 1 aromatic rings. The molecule has 0 aromatic heterocycles. The van der Waals surface area contributed by atoms with Crippen LogP contribution in [0.4, 0.5) is 5.69 Å². The molecule has 2 heterocycles. The van der Waals surface area contributed by atoms with Gasteiger partial charge in [-0.15, -0.1) is 0 Å². The van der Waals surface area contributed by atoms with Crippen LogP contribution in [-0.2, 0) is 16.4 Å². The molecular weight excluding hydrogens is 326 g/mol. The molecule has 6 nitrogen and oxygen atoms in total. The number of rotatable bonds is 3. The van der Waals surface area contributed by atoms with Gasteiger partial charge >= 0.3 is 0 Å². The van der Waals surface area contributed by atoms with E-state index in [2.05, 4.69) is 17.6 Å². The van der Waals surface area contributed by atoms with Crippen molar-refractivity contribution >= 4 is 21.6 Å². The fourth-order valence-electron chi connectivity index (χ4n) is 3.48. The average Bonchev–Trinajstić information content (AvgIpc) is 2.55. The molecule has 3 rings (SSSR count). The number of benzene rings is 1. The van der Waals surface area contributed by atoms with Crippen LogP contribution in [0.5, 0.6) is 0 Å². The summed E-state index contributed by atoms with van der Waals surface area (Å²) in [5.41, 5.74) is 2.23. The molecule has 2 N–H and O–H groups in total. The summed E-state index contributed by atoms with van der Waals surface area (Å²) in [4.78, 5) is 12.6. The summed E-state index contributed by atoms with van der Waals surface area (Å²) in [5, 5.41) is 6.41. The lowest BCUT2D eigenvalue weighted by Gasteiger charge is -2.31. The van der Waals surface area contributed by atoms with Gasteiger partial charge in [-0.25, -0.2) is 8.42 Å². The number of hydrogen-bond acceptors (Lipinski definition) is 4. The maximum atomic E-state index is 12.6. The first-order valence-electron chi connectivity index (χ1n) is 8.48. The van der Waals surface area contributed by atoms with Crippen molar-refractivity contribution in [1.29, 1.82) is 0 Å². The predicted octanol–water partition coefficient (Wildman–Crippen LogP) is 1.13. The van der Waals surface area contributed by atoms with Gasteiger partial charge in [-0.1, -0.05) is 6.92 Å². The first-order chi connectivity index (χ1) is 11.4. The Morgan fingerprint density at radius 3 is 2.88 bits per heavy atom. The zero-order valence-corrected chi connectivity index (χ0v) is 15.0. The van der Waals surface area contributed by atoms with Gasteiger partial charge in [0.2, 0.25) is 10.0 Å². The summed E-state index contributed by atoms with van der Waals surface area (Å²) in [5.74, 6) is 0.364. The van der Waals surface area contributed by atoms with Gasteiger partial charge in [0.1, 0.15) is 0 Å². The van der Waals surface area contributed by atoms with E-state index in [1.807, 2.05) is 6.07 Å². The lowest BCUT2D eigenvalue weighted by atomic mass is 9.94. The van der Waals surface area contributed by atoms with E-state index in [1.54, 1.807) is 12.1 Å². The van der Waals surface area contributed by atoms with Crippen LogP contribution in [-0.4, -0.2) is 46.3 Å². The lowest BCUT2D eigenvalue weighted by molar-refractivity contribution is 0.0915. The molecule has 0 aliphatic carbocycles. The average molecular weight is 351 g/mol. The highest BCUT2D eigenvalue weighted by atomic mass is 32.2. The first-order valence-corrected chi connectivity index (χ1v) is 10.3. The van der Waals surface area contributed by atoms with E-state index in [-0.39, 0.29) is 11.9 Å².